The van der Waals surface area contributed by atoms with E-state index in [2.05, 4.69) is 15.9 Å². The zero-order valence-corrected chi connectivity index (χ0v) is 13.1. The Hall–Kier alpha value is -1.45. The number of rotatable bonds is 4. The molecule has 2 nitrogen and oxygen atoms in total. The second kappa shape index (κ2) is 6.33. The summed E-state index contributed by atoms with van der Waals surface area (Å²) in [5.41, 5.74) is 2.04. The Morgan fingerprint density at radius 3 is 1.75 bits per heavy atom. The SMILES string of the molecule is Cc1ccc(C(=O)C(Br)C(=O)c2ccc(Cl)cc2)cc1. The van der Waals surface area contributed by atoms with E-state index in [-0.39, 0.29) is 11.6 Å². The first-order valence-electron chi connectivity index (χ1n) is 6.04. The van der Waals surface area contributed by atoms with Crippen molar-refractivity contribution < 1.29 is 9.59 Å². The molecule has 0 N–H and O–H groups in total. The smallest absolute Gasteiger partial charge is 0.184 e. The van der Waals surface area contributed by atoms with Gasteiger partial charge in [-0.25, -0.2) is 0 Å². The molecule has 0 saturated carbocycles. The molecule has 1 atom stereocenters. The first-order valence-corrected chi connectivity index (χ1v) is 7.33. The molecule has 0 spiro atoms. The Morgan fingerprint density at radius 1 is 0.900 bits per heavy atom. The van der Waals surface area contributed by atoms with Crippen molar-refractivity contribution in [3.05, 3.63) is 70.2 Å². The van der Waals surface area contributed by atoms with Gasteiger partial charge in [0.05, 0.1) is 0 Å². The third-order valence-corrected chi connectivity index (χ3v) is 4.01. The van der Waals surface area contributed by atoms with Gasteiger partial charge in [0, 0.05) is 16.1 Å². The van der Waals surface area contributed by atoms with Gasteiger partial charge in [-0.1, -0.05) is 57.4 Å². The van der Waals surface area contributed by atoms with E-state index in [0.717, 1.165) is 5.56 Å². The first kappa shape index (κ1) is 14.9. The Kier molecular flexibility index (Phi) is 4.73. The molecule has 1 unspecified atom stereocenters. The van der Waals surface area contributed by atoms with Crippen molar-refractivity contribution in [2.24, 2.45) is 0 Å². The van der Waals surface area contributed by atoms with E-state index in [1.807, 2.05) is 19.1 Å². The molecule has 2 rings (SSSR count). The van der Waals surface area contributed by atoms with Gasteiger partial charge in [0.2, 0.25) is 0 Å². The van der Waals surface area contributed by atoms with E-state index in [9.17, 15) is 9.59 Å². The van der Waals surface area contributed by atoms with Crippen LogP contribution in [0.3, 0.4) is 0 Å². The molecule has 0 aliphatic heterocycles. The molecule has 0 saturated heterocycles. The highest BCUT2D eigenvalue weighted by atomic mass is 79.9. The number of Topliss-reactive ketones (excluding diaryl/α,β-unsaturated/α-hetero) is 2. The summed E-state index contributed by atoms with van der Waals surface area (Å²) >= 11 is 8.97. The van der Waals surface area contributed by atoms with Crippen molar-refractivity contribution in [1.29, 1.82) is 0 Å². The minimum Gasteiger partial charge on any atom is -0.292 e. The molecule has 0 amide bonds. The van der Waals surface area contributed by atoms with Crippen LogP contribution in [0.4, 0.5) is 0 Å². The normalized spacial score (nSPS) is 11.9. The van der Waals surface area contributed by atoms with Crippen LogP contribution in [0.1, 0.15) is 26.3 Å². The molecule has 2 aromatic rings. The molecule has 0 heterocycles. The number of carbonyl (C=O) groups is 2. The summed E-state index contributed by atoms with van der Waals surface area (Å²) in [7, 11) is 0. The second-order valence-corrected chi connectivity index (χ2v) is 5.82. The fourth-order valence-corrected chi connectivity index (χ4v) is 2.40. The average molecular weight is 352 g/mol. The summed E-state index contributed by atoms with van der Waals surface area (Å²) in [6, 6.07) is 13.6. The van der Waals surface area contributed by atoms with Crippen LogP contribution in [0.5, 0.6) is 0 Å². The van der Waals surface area contributed by atoms with Crippen LogP contribution in [0.25, 0.3) is 0 Å². The van der Waals surface area contributed by atoms with Crippen LogP contribution in [0, 0.1) is 6.92 Å². The van der Waals surface area contributed by atoms with Crippen molar-refractivity contribution in [3.63, 3.8) is 0 Å². The Labute approximate surface area is 130 Å². The van der Waals surface area contributed by atoms with Gasteiger partial charge in [-0.2, -0.15) is 0 Å². The molecule has 0 aromatic heterocycles. The monoisotopic (exact) mass is 350 g/mol. The fraction of sp³-hybridized carbons (Fsp3) is 0.125. The Morgan fingerprint density at radius 2 is 1.30 bits per heavy atom. The molecule has 102 valence electrons. The molecule has 0 radical (unpaired) electrons. The lowest BCUT2D eigenvalue weighted by Gasteiger charge is -2.08. The van der Waals surface area contributed by atoms with Crippen LogP contribution >= 0.6 is 27.5 Å². The molecular weight excluding hydrogens is 340 g/mol. The van der Waals surface area contributed by atoms with Gasteiger partial charge in [-0.05, 0) is 31.2 Å². The summed E-state index contributed by atoms with van der Waals surface area (Å²) in [5.74, 6) is -0.516. The lowest BCUT2D eigenvalue weighted by Crippen LogP contribution is -2.24. The van der Waals surface area contributed by atoms with E-state index >= 15 is 0 Å². The van der Waals surface area contributed by atoms with E-state index in [1.54, 1.807) is 36.4 Å². The van der Waals surface area contributed by atoms with Gasteiger partial charge in [-0.3, -0.25) is 9.59 Å². The molecule has 0 bridgehead atoms. The molecule has 2 aromatic carbocycles. The third kappa shape index (κ3) is 3.35. The minimum atomic E-state index is -0.883. The summed E-state index contributed by atoms with van der Waals surface area (Å²) in [6.07, 6.45) is 0. The number of benzene rings is 2. The van der Waals surface area contributed by atoms with Crippen molar-refractivity contribution in [2.75, 3.05) is 0 Å². The summed E-state index contributed by atoms with van der Waals surface area (Å²) in [4.78, 5) is 23.6. The van der Waals surface area contributed by atoms with E-state index in [0.29, 0.717) is 16.1 Å². The Balaban J connectivity index is 2.20. The topological polar surface area (TPSA) is 34.1 Å². The number of hydrogen-bond donors (Lipinski definition) is 0. The summed E-state index contributed by atoms with van der Waals surface area (Å²) < 4.78 is 0. The largest absolute Gasteiger partial charge is 0.292 e. The zero-order chi connectivity index (χ0) is 14.7. The lowest BCUT2D eigenvalue weighted by atomic mass is 10.0. The van der Waals surface area contributed by atoms with Crippen molar-refractivity contribution in [2.45, 2.75) is 11.8 Å². The maximum Gasteiger partial charge on any atom is 0.184 e. The zero-order valence-electron chi connectivity index (χ0n) is 10.8. The Bertz CT molecular complexity index is 575. The quantitative estimate of drug-likeness (QED) is 0.462. The highest BCUT2D eigenvalue weighted by molar-refractivity contribution is 9.10. The lowest BCUT2D eigenvalue weighted by molar-refractivity contribution is 0.0906. The molecule has 0 fully saturated rings. The van der Waals surface area contributed by atoms with E-state index in [4.69, 9.17) is 11.6 Å². The molecule has 0 aliphatic carbocycles. The highest BCUT2D eigenvalue weighted by Gasteiger charge is 2.25. The van der Waals surface area contributed by atoms with Crippen molar-refractivity contribution in [3.8, 4) is 0 Å². The summed E-state index contributed by atoms with van der Waals surface area (Å²) in [5, 5.41) is 0.553. The van der Waals surface area contributed by atoms with Crippen LogP contribution in [-0.2, 0) is 0 Å². The number of carbonyl (C=O) groups excluding carboxylic acids is 2. The number of alkyl halides is 1. The predicted octanol–water partition coefficient (Wildman–Crippen LogP) is 4.48. The number of ketones is 2. The third-order valence-electron chi connectivity index (χ3n) is 2.93. The first-order chi connectivity index (χ1) is 9.49. The maximum absolute atomic E-state index is 12.2. The van der Waals surface area contributed by atoms with E-state index in [1.165, 1.54) is 0 Å². The summed E-state index contributed by atoms with van der Waals surface area (Å²) in [6.45, 7) is 1.94. The van der Waals surface area contributed by atoms with Gasteiger partial charge in [0.25, 0.3) is 0 Å². The van der Waals surface area contributed by atoms with Gasteiger partial charge in [-0.15, -0.1) is 0 Å². The van der Waals surface area contributed by atoms with Crippen LogP contribution in [0.15, 0.2) is 48.5 Å². The van der Waals surface area contributed by atoms with Crippen LogP contribution in [-0.4, -0.2) is 16.4 Å². The highest BCUT2D eigenvalue weighted by Crippen LogP contribution is 2.18. The van der Waals surface area contributed by atoms with E-state index < -0.39 is 4.83 Å². The van der Waals surface area contributed by atoms with Crippen LogP contribution < -0.4 is 0 Å². The van der Waals surface area contributed by atoms with Gasteiger partial charge in [0.15, 0.2) is 11.6 Å². The fourth-order valence-electron chi connectivity index (χ4n) is 1.74. The molecule has 0 aliphatic rings. The van der Waals surface area contributed by atoms with Gasteiger partial charge >= 0.3 is 0 Å². The predicted molar refractivity (Wildman–Crippen MR) is 84.0 cm³/mol. The van der Waals surface area contributed by atoms with Crippen LogP contribution in [0.2, 0.25) is 5.02 Å². The van der Waals surface area contributed by atoms with Gasteiger partial charge in [0.1, 0.15) is 4.83 Å². The van der Waals surface area contributed by atoms with Crippen molar-refractivity contribution >= 4 is 39.1 Å². The molecular formula is C16H12BrClO2. The number of hydrogen-bond acceptors (Lipinski definition) is 2. The number of aryl methyl sites for hydroxylation is 1. The number of halogens is 2. The van der Waals surface area contributed by atoms with Crippen molar-refractivity contribution in [1.82, 2.24) is 0 Å². The molecule has 20 heavy (non-hydrogen) atoms. The van der Waals surface area contributed by atoms with Gasteiger partial charge < -0.3 is 0 Å². The molecule has 4 heteroatoms. The maximum atomic E-state index is 12.2. The minimum absolute atomic E-state index is 0.245. The second-order valence-electron chi connectivity index (χ2n) is 4.46. The standard InChI is InChI=1S/C16H12BrClO2/c1-10-2-4-11(5-3-10)15(19)14(17)16(20)12-6-8-13(18)9-7-12/h2-9,14H,1H3. The average Bonchev–Trinajstić information content (AvgIpc) is 2.46.